The van der Waals surface area contributed by atoms with Crippen LogP contribution in [0.5, 0.6) is 0 Å². The lowest BCUT2D eigenvalue weighted by molar-refractivity contribution is -0.145. The van der Waals surface area contributed by atoms with Crippen LogP contribution in [0, 0.1) is 13.8 Å². The van der Waals surface area contributed by atoms with Gasteiger partial charge >= 0.3 is 5.97 Å². The summed E-state index contributed by atoms with van der Waals surface area (Å²) in [6, 6.07) is 12.4. The highest BCUT2D eigenvalue weighted by Crippen LogP contribution is 2.24. The van der Waals surface area contributed by atoms with Crippen molar-refractivity contribution in [1.82, 2.24) is 4.90 Å². The van der Waals surface area contributed by atoms with Crippen molar-refractivity contribution in [2.75, 3.05) is 20.7 Å². The standard InChI is InChI=1S/C14H19NO5S.C7H7ClO2S/c1-10-4-6-12(7-5-10)21(17,18)20-11-8-13(14(16)19-3)15(2)9-11;1-6-2-4-7(5-3-6)11(8,9)10/h4-7,11,13H,8-9H2,1-3H3;2-5H,1H3/t11-,13+;/m1./s1. The molecule has 32 heavy (non-hydrogen) atoms. The number of ether oxygens (including phenoxy) is 1. The molecule has 1 fully saturated rings. The minimum atomic E-state index is -3.82. The Morgan fingerprint density at radius 1 is 0.938 bits per heavy atom. The highest BCUT2D eigenvalue weighted by Gasteiger charge is 2.38. The van der Waals surface area contributed by atoms with Gasteiger partial charge in [0.15, 0.2) is 0 Å². The van der Waals surface area contributed by atoms with Gasteiger partial charge in [-0.3, -0.25) is 13.9 Å². The van der Waals surface area contributed by atoms with E-state index in [2.05, 4.69) is 0 Å². The van der Waals surface area contributed by atoms with E-state index in [1.165, 1.54) is 31.4 Å². The first-order valence-electron chi connectivity index (χ1n) is 9.63. The number of rotatable bonds is 5. The number of aryl methyl sites for hydroxylation is 2. The summed E-state index contributed by atoms with van der Waals surface area (Å²) < 4.78 is 55.7. The van der Waals surface area contributed by atoms with Crippen LogP contribution in [0.4, 0.5) is 0 Å². The van der Waals surface area contributed by atoms with E-state index in [0.717, 1.165) is 11.1 Å². The SMILES string of the molecule is COC(=O)[C@@H]1C[C@@H](OS(=O)(=O)c2ccc(C)cc2)CN1C.Cc1ccc(S(=O)(=O)Cl)cc1. The first-order valence-corrected chi connectivity index (χ1v) is 13.3. The topological polar surface area (TPSA) is 107 Å². The molecule has 0 aromatic heterocycles. The van der Waals surface area contributed by atoms with E-state index in [9.17, 15) is 21.6 Å². The summed E-state index contributed by atoms with van der Waals surface area (Å²) in [6.45, 7) is 4.12. The molecule has 0 amide bonds. The zero-order valence-electron chi connectivity index (χ0n) is 18.2. The predicted molar refractivity (Wildman–Crippen MR) is 121 cm³/mol. The number of nitrogens with zero attached hydrogens (tertiary/aromatic N) is 1. The number of carbonyl (C=O) groups excluding carboxylic acids is 1. The largest absolute Gasteiger partial charge is 0.468 e. The number of halogens is 1. The van der Waals surface area contributed by atoms with Crippen molar-refractivity contribution < 1.29 is 30.6 Å². The molecule has 1 saturated heterocycles. The fourth-order valence-corrected chi connectivity index (χ4v) is 4.92. The Bertz CT molecular complexity index is 1130. The van der Waals surface area contributed by atoms with E-state index in [4.69, 9.17) is 19.6 Å². The van der Waals surface area contributed by atoms with Crippen LogP contribution in [0.2, 0.25) is 0 Å². The summed E-state index contributed by atoms with van der Waals surface area (Å²) in [5.74, 6) is -0.378. The second-order valence-electron chi connectivity index (χ2n) is 7.45. The van der Waals surface area contributed by atoms with Crippen LogP contribution in [0.25, 0.3) is 0 Å². The summed E-state index contributed by atoms with van der Waals surface area (Å²) in [4.78, 5) is 13.6. The van der Waals surface area contributed by atoms with Gasteiger partial charge in [-0.2, -0.15) is 8.42 Å². The number of hydrogen-bond acceptors (Lipinski definition) is 8. The summed E-state index contributed by atoms with van der Waals surface area (Å²) >= 11 is 0. The van der Waals surface area contributed by atoms with Crippen LogP contribution in [-0.4, -0.2) is 60.6 Å². The van der Waals surface area contributed by atoms with Crippen molar-refractivity contribution in [2.45, 2.75) is 42.2 Å². The van der Waals surface area contributed by atoms with E-state index in [1.807, 2.05) is 13.8 Å². The molecule has 0 unspecified atom stereocenters. The minimum Gasteiger partial charge on any atom is -0.468 e. The molecule has 0 radical (unpaired) electrons. The van der Waals surface area contributed by atoms with Gasteiger partial charge in [0.25, 0.3) is 19.2 Å². The molecule has 1 aliphatic heterocycles. The maximum Gasteiger partial charge on any atom is 0.323 e. The van der Waals surface area contributed by atoms with E-state index < -0.39 is 31.3 Å². The third kappa shape index (κ3) is 7.28. The number of esters is 1. The van der Waals surface area contributed by atoms with Crippen molar-refractivity contribution in [2.24, 2.45) is 0 Å². The fourth-order valence-electron chi connectivity index (χ4n) is 3.07. The molecule has 0 aliphatic carbocycles. The summed E-state index contributed by atoms with van der Waals surface area (Å²) in [5, 5.41) is 0. The number of carbonyl (C=O) groups is 1. The maximum atomic E-state index is 12.2. The minimum absolute atomic E-state index is 0.122. The normalized spacial score (nSPS) is 19.2. The zero-order valence-corrected chi connectivity index (χ0v) is 20.6. The van der Waals surface area contributed by atoms with E-state index in [0.29, 0.717) is 13.0 Å². The van der Waals surface area contributed by atoms with Crippen molar-refractivity contribution in [3.05, 3.63) is 59.7 Å². The molecule has 8 nitrogen and oxygen atoms in total. The Kier molecular flexibility index (Phi) is 8.83. The van der Waals surface area contributed by atoms with Crippen molar-refractivity contribution in [1.29, 1.82) is 0 Å². The fraction of sp³-hybridized carbons (Fsp3) is 0.381. The molecule has 0 saturated carbocycles. The van der Waals surface area contributed by atoms with E-state index in [-0.39, 0.29) is 15.8 Å². The Hall–Kier alpha value is -1.98. The quantitative estimate of drug-likeness (QED) is 0.348. The summed E-state index contributed by atoms with van der Waals surface area (Å²) in [6.07, 6.45) is -0.251. The van der Waals surface area contributed by atoms with E-state index in [1.54, 1.807) is 36.2 Å². The molecule has 2 aromatic carbocycles. The van der Waals surface area contributed by atoms with Crippen molar-refractivity contribution in [3.63, 3.8) is 0 Å². The van der Waals surface area contributed by atoms with Crippen molar-refractivity contribution >= 4 is 35.8 Å². The predicted octanol–water partition coefficient (Wildman–Crippen LogP) is 2.87. The number of benzene rings is 2. The van der Waals surface area contributed by atoms with Gasteiger partial charge in [0.05, 0.1) is 23.0 Å². The number of methoxy groups -OCH3 is 1. The summed E-state index contributed by atoms with van der Waals surface area (Å²) in [7, 11) is 0.770. The smallest absolute Gasteiger partial charge is 0.323 e. The maximum absolute atomic E-state index is 12.2. The van der Waals surface area contributed by atoms with Gasteiger partial charge in [-0.05, 0) is 45.2 Å². The van der Waals surface area contributed by atoms with Crippen LogP contribution in [0.1, 0.15) is 17.5 Å². The van der Waals surface area contributed by atoms with Crippen LogP contribution < -0.4 is 0 Å². The molecule has 176 valence electrons. The van der Waals surface area contributed by atoms with Gasteiger partial charge in [0.1, 0.15) is 6.04 Å². The van der Waals surface area contributed by atoms with Crippen LogP contribution in [-0.2, 0) is 32.9 Å². The van der Waals surface area contributed by atoms with Gasteiger partial charge in [-0.1, -0.05) is 35.4 Å². The highest BCUT2D eigenvalue weighted by atomic mass is 35.7. The lowest BCUT2D eigenvalue weighted by atomic mass is 10.2. The van der Waals surface area contributed by atoms with Crippen LogP contribution in [0.3, 0.4) is 0 Å². The Morgan fingerprint density at radius 3 is 1.84 bits per heavy atom. The average molecular weight is 504 g/mol. The number of likely N-dealkylation sites (N-methyl/N-ethyl adjacent to an activating group) is 1. The summed E-state index contributed by atoms with van der Waals surface area (Å²) in [5.41, 5.74) is 1.98. The van der Waals surface area contributed by atoms with Gasteiger partial charge in [-0.15, -0.1) is 0 Å². The Morgan fingerprint density at radius 2 is 1.41 bits per heavy atom. The lowest BCUT2D eigenvalue weighted by Crippen LogP contribution is -2.33. The molecule has 0 spiro atoms. The van der Waals surface area contributed by atoms with E-state index >= 15 is 0 Å². The first-order chi connectivity index (χ1) is 14.8. The molecule has 0 N–H and O–H groups in total. The van der Waals surface area contributed by atoms with Crippen LogP contribution in [0.15, 0.2) is 58.3 Å². The Balaban J connectivity index is 0.000000278. The first kappa shape index (κ1) is 26.3. The molecule has 0 bridgehead atoms. The van der Waals surface area contributed by atoms with Gasteiger partial charge in [-0.25, -0.2) is 8.42 Å². The molecule has 11 heteroatoms. The second kappa shape index (κ2) is 10.8. The zero-order chi connectivity index (χ0) is 24.1. The van der Waals surface area contributed by atoms with Gasteiger partial charge in [0, 0.05) is 23.6 Å². The molecule has 1 heterocycles. The van der Waals surface area contributed by atoms with Crippen LogP contribution >= 0.6 is 10.7 Å². The second-order valence-corrected chi connectivity index (χ2v) is 11.6. The average Bonchev–Trinajstić information content (AvgIpc) is 3.07. The molecular weight excluding hydrogens is 478 g/mol. The monoisotopic (exact) mass is 503 g/mol. The molecule has 2 atom stereocenters. The van der Waals surface area contributed by atoms with Crippen molar-refractivity contribution in [3.8, 4) is 0 Å². The number of likely N-dealkylation sites (tertiary alicyclic amines) is 1. The van der Waals surface area contributed by atoms with Gasteiger partial charge < -0.3 is 4.74 Å². The lowest BCUT2D eigenvalue weighted by Gasteiger charge is -2.15. The Labute approximate surface area is 193 Å². The number of hydrogen-bond donors (Lipinski definition) is 0. The van der Waals surface area contributed by atoms with Gasteiger partial charge in [0.2, 0.25) is 0 Å². The molecule has 2 aromatic rings. The molecular formula is C21H26ClNO7S2. The highest BCUT2D eigenvalue weighted by molar-refractivity contribution is 8.13. The molecule has 1 aliphatic rings. The molecule has 3 rings (SSSR count). The third-order valence-corrected chi connectivity index (χ3v) is 7.60. The third-order valence-electron chi connectivity index (χ3n) is 4.86.